The monoisotopic (exact) mass is 395 g/mol. The minimum atomic E-state index is -1.41. The highest BCUT2D eigenvalue weighted by Gasteiger charge is 2.37. The Morgan fingerprint density at radius 3 is 2.33 bits per heavy atom. The number of carbonyl (C=O) groups excluding carboxylic acids is 4. The molecule has 0 saturated carbocycles. The minimum absolute atomic E-state index is 0.151. The number of halogens is 1. The van der Waals surface area contributed by atoms with Crippen LogP contribution >= 0.6 is 15.9 Å². The number of hydrogen-bond acceptors (Lipinski definition) is 6. The van der Waals surface area contributed by atoms with Crippen LogP contribution in [-0.2, 0) is 14.4 Å². The number of aliphatic carboxylic acids is 1. The first-order chi connectivity index (χ1) is 11.2. The summed E-state index contributed by atoms with van der Waals surface area (Å²) in [6, 6.07) is 3.91. The van der Waals surface area contributed by atoms with Crippen molar-refractivity contribution in [3.05, 3.63) is 33.8 Å². The fourth-order valence-electron chi connectivity index (χ4n) is 2.03. The van der Waals surface area contributed by atoms with Crippen LogP contribution in [0.2, 0.25) is 0 Å². The Morgan fingerprint density at radius 1 is 1.21 bits per heavy atom. The van der Waals surface area contributed by atoms with Crippen LogP contribution in [0.3, 0.4) is 0 Å². The van der Waals surface area contributed by atoms with Crippen molar-refractivity contribution in [2.24, 2.45) is 0 Å². The van der Waals surface area contributed by atoms with E-state index in [1.165, 1.54) is 26.2 Å². The molecule has 24 heavy (non-hydrogen) atoms. The smallest absolute Gasteiger partial charge is 0.333 e. The molecule has 1 fully saturated rings. The van der Waals surface area contributed by atoms with E-state index in [0.29, 0.717) is 10.0 Å². The lowest BCUT2D eigenvalue weighted by molar-refractivity contribution is -0.307. The number of nitrogens with zero attached hydrogens (tertiary/aromatic N) is 2. The molecule has 0 atom stereocenters. The second-order valence-electron chi connectivity index (χ2n) is 4.91. The Kier molecular flexibility index (Phi) is 5.03. The summed E-state index contributed by atoms with van der Waals surface area (Å²) >= 11 is 3.25. The molecule has 1 aliphatic heterocycles. The zero-order valence-electron chi connectivity index (χ0n) is 12.7. The van der Waals surface area contributed by atoms with E-state index in [-0.39, 0.29) is 11.3 Å². The number of carbonyl (C=O) groups is 4. The molecule has 4 amide bonds. The van der Waals surface area contributed by atoms with Gasteiger partial charge in [-0.15, -0.1) is 0 Å². The molecule has 1 heterocycles. The molecule has 1 aliphatic rings. The molecule has 1 aromatic carbocycles. The van der Waals surface area contributed by atoms with Crippen molar-refractivity contribution in [3.63, 3.8) is 0 Å². The molecule has 1 aromatic rings. The lowest BCUT2D eigenvalue weighted by Crippen LogP contribution is -2.52. The number of rotatable bonds is 4. The SMILES string of the molecule is CN1C(=O)C(=Cc2cc(Br)ccc2OCC(=O)[O-])C(=O)N(C)C1=O. The third-order valence-corrected chi connectivity index (χ3v) is 3.75. The summed E-state index contributed by atoms with van der Waals surface area (Å²) in [6.45, 7) is -0.683. The molecule has 8 nitrogen and oxygen atoms in total. The molecule has 2 rings (SSSR count). The van der Waals surface area contributed by atoms with E-state index in [1.54, 1.807) is 12.1 Å². The fourth-order valence-corrected chi connectivity index (χ4v) is 2.41. The number of amides is 4. The molecule has 0 radical (unpaired) electrons. The number of carboxylic acid groups (broad SMARTS) is 1. The van der Waals surface area contributed by atoms with Crippen molar-refractivity contribution in [2.75, 3.05) is 20.7 Å². The maximum Gasteiger partial charge on any atom is 0.333 e. The van der Waals surface area contributed by atoms with E-state index in [0.717, 1.165) is 9.80 Å². The third kappa shape index (κ3) is 3.46. The van der Waals surface area contributed by atoms with Gasteiger partial charge in [0.2, 0.25) is 0 Å². The third-order valence-electron chi connectivity index (χ3n) is 3.26. The summed E-state index contributed by atoms with van der Waals surface area (Å²) in [5.74, 6) is -2.77. The Morgan fingerprint density at radius 2 is 1.79 bits per heavy atom. The van der Waals surface area contributed by atoms with Crippen LogP contribution in [0.15, 0.2) is 28.2 Å². The van der Waals surface area contributed by atoms with Gasteiger partial charge in [-0.1, -0.05) is 15.9 Å². The van der Waals surface area contributed by atoms with Crippen LogP contribution in [0.1, 0.15) is 5.56 Å². The van der Waals surface area contributed by atoms with E-state index in [1.807, 2.05) is 0 Å². The molecule has 0 spiro atoms. The second-order valence-corrected chi connectivity index (χ2v) is 5.83. The van der Waals surface area contributed by atoms with Gasteiger partial charge in [0.05, 0.1) is 5.97 Å². The molecule has 126 valence electrons. The molecule has 0 aliphatic carbocycles. The second kappa shape index (κ2) is 6.83. The van der Waals surface area contributed by atoms with Gasteiger partial charge in [-0.25, -0.2) is 4.79 Å². The highest BCUT2D eigenvalue weighted by atomic mass is 79.9. The quantitative estimate of drug-likeness (QED) is 0.524. The van der Waals surface area contributed by atoms with E-state index >= 15 is 0 Å². The molecular formula is C15H12BrN2O6-. The topological polar surface area (TPSA) is 107 Å². The first-order valence-corrected chi connectivity index (χ1v) is 7.45. The predicted octanol–water partition coefficient (Wildman–Crippen LogP) is 0.0116. The number of urea groups is 1. The standard InChI is InChI=1S/C15H13BrN2O6/c1-17-13(21)10(14(22)18(2)15(17)23)6-8-5-9(16)3-4-11(8)24-7-12(19)20/h3-6H,7H2,1-2H3,(H,19,20)/p-1. The fraction of sp³-hybridized carbons (Fsp3) is 0.200. The average molecular weight is 396 g/mol. The molecule has 1 saturated heterocycles. The van der Waals surface area contributed by atoms with Crippen molar-refractivity contribution in [3.8, 4) is 5.75 Å². The number of benzene rings is 1. The summed E-state index contributed by atoms with van der Waals surface area (Å²) in [5, 5.41) is 10.5. The van der Waals surface area contributed by atoms with E-state index in [4.69, 9.17) is 4.74 Å². The van der Waals surface area contributed by atoms with Gasteiger partial charge in [0, 0.05) is 24.1 Å². The Hall–Kier alpha value is -2.68. The van der Waals surface area contributed by atoms with Crippen LogP contribution in [-0.4, -0.2) is 54.3 Å². The number of imide groups is 2. The summed E-state index contributed by atoms with van der Waals surface area (Å²) in [6.07, 6.45) is 1.25. The summed E-state index contributed by atoms with van der Waals surface area (Å²) in [7, 11) is 2.52. The van der Waals surface area contributed by atoms with Crippen molar-refractivity contribution in [1.29, 1.82) is 0 Å². The van der Waals surface area contributed by atoms with E-state index in [2.05, 4.69) is 15.9 Å². The van der Waals surface area contributed by atoms with Crippen molar-refractivity contribution in [2.45, 2.75) is 0 Å². The Bertz CT molecular complexity index is 747. The lowest BCUT2D eigenvalue weighted by Gasteiger charge is -2.29. The van der Waals surface area contributed by atoms with Crippen molar-refractivity contribution < 1.29 is 29.0 Å². The maximum absolute atomic E-state index is 12.2. The van der Waals surface area contributed by atoms with Crippen LogP contribution in [0.4, 0.5) is 4.79 Å². The van der Waals surface area contributed by atoms with Gasteiger partial charge in [0.25, 0.3) is 11.8 Å². The Labute approximate surface area is 145 Å². The molecule has 0 bridgehead atoms. The van der Waals surface area contributed by atoms with Gasteiger partial charge in [0.1, 0.15) is 17.9 Å². The molecule has 0 N–H and O–H groups in total. The normalized spacial score (nSPS) is 15.0. The summed E-state index contributed by atoms with van der Waals surface area (Å²) < 4.78 is 5.72. The molecule has 0 unspecified atom stereocenters. The summed E-state index contributed by atoms with van der Waals surface area (Å²) in [5.41, 5.74) is 0.0643. The van der Waals surface area contributed by atoms with Gasteiger partial charge in [-0.2, -0.15) is 0 Å². The number of carboxylic acids is 1. The first-order valence-electron chi connectivity index (χ1n) is 6.66. The first kappa shape index (κ1) is 17.7. The van der Waals surface area contributed by atoms with E-state index < -0.39 is 30.4 Å². The van der Waals surface area contributed by atoms with Crippen molar-refractivity contribution in [1.82, 2.24) is 9.80 Å². The van der Waals surface area contributed by atoms with Gasteiger partial charge in [0.15, 0.2) is 0 Å². The zero-order chi connectivity index (χ0) is 18.0. The number of likely N-dealkylation sites (N-methyl/N-ethyl adjacent to an activating group) is 2. The molecule has 9 heteroatoms. The highest BCUT2D eigenvalue weighted by Crippen LogP contribution is 2.27. The highest BCUT2D eigenvalue weighted by molar-refractivity contribution is 9.10. The van der Waals surface area contributed by atoms with Crippen LogP contribution in [0.25, 0.3) is 6.08 Å². The number of hydrogen-bond donors (Lipinski definition) is 0. The minimum Gasteiger partial charge on any atom is -0.546 e. The predicted molar refractivity (Wildman–Crippen MR) is 83.6 cm³/mol. The molecule has 0 aromatic heterocycles. The number of barbiturate groups is 1. The number of ether oxygens (including phenoxy) is 1. The average Bonchev–Trinajstić information content (AvgIpc) is 2.54. The van der Waals surface area contributed by atoms with Crippen LogP contribution in [0.5, 0.6) is 5.75 Å². The van der Waals surface area contributed by atoms with Crippen molar-refractivity contribution >= 4 is 45.8 Å². The van der Waals surface area contributed by atoms with Gasteiger partial charge in [-0.05, 0) is 24.3 Å². The lowest BCUT2D eigenvalue weighted by atomic mass is 10.1. The van der Waals surface area contributed by atoms with E-state index in [9.17, 15) is 24.3 Å². The Balaban J connectivity index is 2.47. The van der Waals surface area contributed by atoms with Crippen LogP contribution in [0, 0.1) is 0 Å². The zero-order valence-corrected chi connectivity index (χ0v) is 14.3. The largest absolute Gasteiger partial charge is 0.546 e. The van der Waals surface area contributed by atoms with Gasteiger partial charge in [-0.3, -0.25) is 19.4 Å². The van der Waals surface area contributed by atoms with Gasteiger partial charge >= 0.3 is 6.03 Å². The summed E-state index contributed by atoms with van der Waals surface area (Å²) in [4.78, 5) is 48.3. The maximum atomic E-state index is 12.2. The van der Waals surface area contributed by atoms with Crippen LogP contribution < -0.4 is 9.84 Å². The molecular weight excluding hydrogens is 384 g/mol. The van der Waals surface area contributed by atoms with Gasteiger partial charge < -0.3 is 14.6 Å².